The number of aromatic nitrogens is 2. The second kappa shape index (κ2) is 11.9. The van der Waals surface area contributed by atoms with Crippen LogP contribution in [0.1, 0.15) is 20.3 Å². The van der Waals surface area contributed by atoms with E-state index in [9.17, 15) is 0 Å². The number of allylic oxidation sites excluding steroid dienone is 2. The number of anilines is 1. The molecule has 0 amide bonds. The average Bonchev–Trinajstić information content (AvgIpc) is 3.12. The van der Waals surface area contributed by atoms with Gasteiger partial charge in [-0.3, -0.25) is 9.82 Å². The smallest absolute Gasteiger partial charge is 0.124 e. The highest BCUT2D eigenvalue weighted by atomic mass is 32.2. The summed E-state index contributed by atoms with van der Waals surface area (Å²) in [4.78, 5) is 2.32. The molecule has 1 aliphatic heterocycles. The van der Waals surface area contributed by atoms with Gasteiger partial charge in [0, 0.05) is 25.2 Å². The molecular weight excluding hydrogens is 256 g/mol. The molecule has 0 spiro atoms. The SMILES string of the molecule is C=CC=C.CC.CSNC1CCN(c2ccn[nH]2)C1. The van der Waals surface area contributed by atoms with E-state index in [2.05, 4.69) is 39.2 Å². The van der Waals surface area contributed by atoms with Crippen LogP contribution in [0.2, 0.25) is 0 Å². The van der Waals surface area contributed by atoms with Gasteiger partial charge in [-0.2, -0.15) is 5.10 Å². The Morgan fingerprint density at radius 1 is 1.47 bits per heavy atom. The fourth-order valence-corrected chi connectivity index (χ4v) is 2.19. The van der Waals surface area contributed by atoms with E-state index >= 15 is 0 Å². The highest BCUT2D eigenvalue weighted by Gasteiger charge is 2.22. The van der Waals surface area contributed by atoms with E-state index in [1.165, 1.54) is 6.42 Å². The van der Waals surface area contributed by atoms with Crippen LogP contribution >= 0.6 is 11.9 Å². The Bertz CT molecular complexity index is 318. The van der Waals surface area contributed by atoms with Crippen molar-refractivity contribution < 1.29 is 0 Å². The van der Waals surface area contributed by atoms with Crippen molar-refractivity contribution in [3.8, 4) is 0 Å². The molecule has 2 N–H and O–H groups in total. The first-order chi connectivity index (χ1) is 9.31. The molecule has 2 rings (SSSR count). The summed E-state index contributed by atoms with van der Waals surface area (Å²) in [5.74, 6) is 1.13. The van der Waals surface area contributed by atoms with Crippen LogP contribution in [0.4, 0.5) is 5.82 Å². The molecule has 0 aromatic carbocycles. The second-order valence-corrected chi connectivity index (χ2v) is 4.31. The third kappa shape index (κ3) is 7.08. The van der Waals surface area contributed by atoms with Gasteiger partial charge in [0.2, 0.25) is 0 Å². The number of nitrogens with zero attached hydrogens (tertiary/aromatic N) is 2. The monoisotopic (exact) mass is 282 g/mol. The van der Waals surface area contributed by atoms with Crippen molar-refractivity contribution in [2.75, 3.05) is 24.2 Å². The van der Waals surface area contributed by atoms with Gasteiger partial charge in [-0.1, -0.05) is 51.1 Å². The predicted molar refractivity (Wildman–Crippen MR) is 87.6 cm³/mol. The zero-order valence-corrected chi connectivity index (χ0v) is 13.0. The summed E-state index contributed by atoms with van der Waals surface area (Å²) < 4.78 is 3.38. The summed E-state index contributed by atoms with van der Waals surface area (Å²) in [6, 6.07) is 2.62. The fraction of sp³-hybridized carbons (Fsp3) is 0.500. The number of hydrogen-bond acceptors (Lipinski definition) is 4. The first-order valence-electron chi connectivity index (χ1n) is 6.58. The van der Waals surface area contributed by atoms with Crippen LogP contribution in [0.5, 0.6) is 0 Å². The molecule has 2 heterocycles. The van der Waals surface area contributed by atoms with Crippen molar-refractivity contribution in [1.29, 1.82) is 0 Å². The summed E-state index contributed by atoms with van der Waals surface area (Å²) in [6.07, 6.45) is 8.35. The molecule has 0 radical (unpaired) electrons. The van der Waals surface area contributed by atoms with Crippen LogP contribution in [0.15, 0.2) is 37.6 Å². The van der Waals surface area contributed by atoms with Crippen LogP contribution in [0, 0.1) is 0 Å². The Labute approximate surface area is 121 Å². The number of nitrogens with one attached hydrogen (secondary N) is 2. The van der Waals surface area contributed by atoms with E-state index < -0.39 is 0 Å². The molecule has 1 aliphatic rings. The van der Waals surface area contributed by atoms with E-state index in [0.29, 0.717) is 6.04 Å². The molecule has 108 valence electrons. The first kappa shape index (κ1) is 17.8. The number of rotatable bonds is 4. The Kier molecular flexibility index (Phi) is 11.1. The largest absolute Gasteiger partial charge is 0.355 e. The van der Waals surface area contributed by atoms with Gasteiger partial charge in [0.15, 0.2) is 0 Å². The van der Waals surface area contributed by atoms with E-state index in [-0.39, 0.29) is 0 Å². The molecule has 1 fully saturated rings. The van der Waals surface area contributed by atoms with E-state index in [4.69, 9.17) is 0 Å². The topological polar surface area (TPSA) is 44.0 Å². The zero-order valence-electron chi connectivity index (χ0n) is 12.2. The molecule has 1 atom stereocenters. The van der Waals surface area contributed by atoms with Gasteiger partial charge < -0.3 is 4.90 Å². The summed E-state index contributed by atoms with van der Waals surface area (Å²) >= 11 is 1.70. The lowest BCUT2D eigenvalue weighted by molar-refractivity contribution is 0.701. The van der Waals surface area contributed by atoms with Gasteiger partial charge in [-0.25, -0.2) is 0 Å². The Morgan fingerprint density at radius 2 is 2.16 bits per heavy atom. The maximum Gasteiger partial charge on any atom is 0.124 e. The normalized spacial score (nSPS) is 16.8. The maximum absolute atomic E-state index is 3.95. The van der Waals surface area contributed by atoms with Gasteiger partial charge in [-0.05, 0) is 12.7 Å². The molecule has 1 saturated heterocycles. The maximum atomic E-state index is 3.95. The van der Waals surface area contributed by atoms with Gasteiger partial charge in [-0.15, -0.1) is 0 Å². The molecule has 0 saturated carbocycles. The van der Waals surface area contributed by atoms with Crippen molar-refractivity contribution in [2.45, 2.75) is 26.3 Å². The molecule has 1 unspecified atom stereocenters. The van der Waals surface area contributed by atoms with Gasteiger partial charge in [0.1, 0.15) is 5.82 Å². The van der Waals surface area contributed by atoms with Crippen molar-refractivity contribution >= 4 is 17.8 Å². The predicted octanol–water partition coefficient (Wildman–Crippen LogP) is 3.24. The van der Waals surface area contributed by atoms with Crippen LogP contribution in [-0.2, 0) is 0 Å². The summed E-state index contributed by atoms with van der Waals surface area (Å²) in [5, 5.41) is 6.93. The molecule has 1 aromatic rings. The lowest BCUT2D eigenvalue weighted by atomic mass is 10.3. The lowest BCUT2D eigenvalue weighted by Gasteiger charge is -2.15. The van der Waals surface area contributed by atoms with Gasteiger partial charge >= 0.3 is 0 Å². The zero-order chi connectivity index (χ0) is 14.5. The quantitative estimate of drug-likeness (QED) is 0.657. The molecule has 0 bridgehead atoms. The van der Waals surface area contributed by atoms with Crippen LogP contribution in [0.25, 0.3) is 0 Å². The minimum atomic E-state index is 0.610. The number of hydrogen-bond donors (Lipinski definition) is 2. The molecule has 1 aromatic heterocycles. The molecule has 5 heteroatoms. The molecule has 19 heavy (non-hydrogen) atoms. The van der Waals surface area contributed by atoms with Gasteiger partial charge in [0.05, 0.1) is 6.20 Å². The Hall–Kier alpha value is -1.20. The van der Waals surface area contributed by atoms with Crippen LogP contribution in [-0.4, -0.2) is 35.6 Å². The van der Waals surface area contributed by atoms with Crippen molar-refractivity contribution in [2.24, 2.45) is 0 Å². The Morgan fingerprint density at radius 3 is 2.63 bits per heavy atom. The molecular formula is C14H26N4S. The first-order valence-corrected chi connectivity index (χ1v) is 7.80. The lowest BCUT2D eigenvalue weighted by Crippen LogP contribution is -2.28. The second-order valence-electron chi connectivity index (χ2n) is 3.67. The number of aromatic amines is 1. The van der Waals surface area contributed by atoms with Crippen LogP contribution < -0.4 is 9.62 Å². The average molecular weight is 282 g/mol. The highest BCUT2D eigenvalue weighted by Crippen LogP contribution is 2.17. The standard InChI is InChI=1S/C8H14N4S.C4H6.C2H6/c1-13-11-7-3-5-12(6-7)8-2-4-9-10-8;1-3-4-2;1-2/h2,4,7,11H,3,5-6H2,1H3,(H,9,10);3-4H,1-2H2;1-2H3. The van der Waals surface area contributed by atoms with E-state index in [0.717, 1.165) is 18.9 Å². The summed E-state index contributed by atoms with van der Waals surface area (Å²) in [5.41, 5.74) is 0. The van der Waals surface area contributed by atoms with Gasteiger partial charge in [0.25, 0.3) is 0 Å². The molecule has 0 aliphatic carbocycles. The van der Waals surface area contributed by atoms with Crippen LogP contribution in [0.3, 0.4) is 0 Å². The van der Waals surface area contributed by atoms with E-state index in [1.807, 2.05) is 19.9 Å². The summed E-state index contributed by atoms with van der Waals surface area (Å²) in [7, 11) is 0. The Balaban J connectivity index is 0.000000467. The third-order valence-corrected chi connectivity index (χ3v) is 3.04. The third-order valence-electron chi connectivity index (χ3n) is 2.47. The fourth-order valence-electron chi connectivity index (χ4n) is 1.67. The minimum absolute atomic E-state index is 0.610. The van der Waals surface area contributed by atoms with Crippen molar-refractivity contribution in [3.05, 3.63) is 37.6 Å². The summed E-state index contributed by atoms with van der Waals surface area (Å²) in [6.45, 7) is 12.9. The van der Waals surface area contributed by atoms with Crippen molar-refractivity contribution in [1.82, 2.24) is 14.9 Å². The van der Waals surface area contributed by atoms with Crippen molar-refractivity contribution in [3.63, 3.8) is 0 Å². The highest BCUT2D eigenvalue weighted by molar-refractivity contribution is 7.96. The number of H-pyrrole nitrogens is 1. The van der Waals surface area contributed by atoms with E-state index in [1.54, 1.807) is 30.3 Å². The molecule has 4 nitrogen and oxygen atoms in total. The minimum Gasteiger partial charge on any atom is -0.355 e.